The Balaban J connectivity index is 0.767. The zero-order chi connectivity index (χ0) is 43.2. The predicted octanol–water partition coefficient (Wildman–Crippen LogP) is 7.73. The van der Waals surface area contributed by atoms with Crippen LogP contribution in [0.2, 0.25) is 0 Å². The lowest BCUT2D eigenvalue weighted by Crippen LogP contribution is -2.46. The van der Waals surface area contributed by atoms with Crippen LogP contribution in [0.25, 0.3) is 0 Å². The molecule has 1 N–H and O–H groups in total. The van der Waals surface area contributed by atoms with Gasteiger partial charge in [0.1, 0.15) is 34.2 Å². The summed E-state index contributed by atoms with van der Waals surface area (Å²) in [6.07, 6.45) is 7.47. The van der Waals surface area contributed by atoms with Crippen molar-refractivity contribution in [2.45, 2.75) is 142 Å². The average Bonchev–Trinajstić information content (AvgIpc) is 3.90. The summed E-state index contributed by atoms with van der Waals surface area (Å²) in [6, 6.07) is 12.1. The second kappa shape index (κ2) is 22.5. The lowest BCUT2D eigenvalue weighted by molar-refractivity contribution is -0.487. The first-order valence-electron chi connectivity index (χ1n) is 21.5. The van der Waals surface area contributed by atoms with Crippen LogP contribution in [-0.2, 0) is 64.8 Å². The van der Waals surface area contributed by atoms with Crippen molar-refractivity contribution in [1.29, 1.82) is 0 Å². The van der Waals surface area contributed by atoms with Crippen LogP contribution < -0.4 is 5.32 Å². The third-order valence-electron chi connectivity index (χ3n) is 11.2. The fourth-order valence-corrected chi connectivity index (χ4v) is 7.11. The van der Waals surface area contributed by atoms with E-state index < -0.39 is 23.8 Å². The fourth-order valence-electron chi connectivity index (χ4n) is 7.11. The lowest BCUT2D eigenvalue weighted by Gasteiger charge is -2.41. The van der Waals surface area contributed by atoms with Crippen molar-refractivity contribution in [2.75, 3.05) is 26.3 Å². The molecule has 6 rings (SSSR count). The van der Waals surface area contributed by atoms with Crippen molar-refractivity contribution in [3.8, 4) is 0 Å². The van der Waals surface area contributed by atoms with E-state index in [1.165, 1.54) is 24.3 Å². The lowest BCUT2D eigenvalue weighted by atomic mass is 9.92. The van der Waals surface area contributed by atoms with Gasteiger partial charge < -0.3 is 24.3 Å². The molecule has 2 fully saturated rings. The van der Waals surface area contributed by atoms with E-state index in [1.807, 2.05) is 49.5 Å². The Kier molecular flexibility index (Phi) is 17.3. The van der Waals surface area contributed by atoms with Crippen LogP contribution in [0.1, 0.15) is 115 Å². The second-order valence-electron chi connectivity index (χ2n) is 17.3. The van der Waals surface area contributed by atoms with Crippen LogP contribution in [0.5, 0.6) is 0 Å². The van der Waals surface area contributed by atoms with Gasteiger partial charge in [-0.1, -0.05) is 48.5 Å². The highest BCUT2D eigenvalue weighted by Gasteiger charge is 2.42. The fraction of sp³-hybridized carbons (Fsp3) is 0.636. The number of halogens is 2. The summed E-state index contributed by atoms with van der Waals surface area (Å²) in [5, 5.41) is 20.4. The molecular formula is C44H63F2N7O8. The minimum atomic E-state index is -0.693. The zero-order valence-corrected chi connectivity index (χ0v) is 36.3. The van der Waals surface area contributed by atoms with E-state index in [2.05, 4.69) is 39.8 Å². The van der Waals surface area contributed by atoms with E-state index in [4.69, 9.17) is 38.5 Å². The molecule has 0 aliphatic carbocycles. The Morgan fingerprint density at radius 1 is 0.639 bits per heavy atom. The highest BCUT2D eigenvalue weighted by atomic mass is 19.1. The minimum Gasteiger partial charge on any atom is -0.374 e. The normalized spacial score (nSPS) is 22.3. The maximum absolute atomic E-state index is 13.4. The van der Waals surface area contributed by atoms with Gasteiger partial charge in [-0.15, -0.1) is 10.2 Å². The first-order chi connectivity index (χ1) is 29.3. The molecule has 0 amide bonds. The summed E-state index contributed by atoms with van der Waals surface area (Å²) < 4.78 is 54.6. The van der Waals surface area contributed by atoms with Gasteiger partial charge in [0.25, 0.3) is 0 Å². The van der Waals surface area contributed by atoms with Crippen molar-refractivity contribution in [3.63, 3.8) is 0 Å². The SMILES string of the molecule is CC(CCC1OC(c2ccc(F)cc2)OOC1(C)C)CCn1cc(COCCNCCOCc2cn(CCC(C)CCC3OC(c4ccc(F)cc4)OOC3(C)C)nn2)nn1. The Labute approximate surface area is 357 Å². The van der Waals surface area contributed by atoms with Crippen LogP contribution >= 0.6 is 0 Å². The van der Waals surface area contributed by atoms with Crippen molar-refractivity contribution < 1.29 is 47.3 Å². The highest BCUT2D eigenvalue weighted by Crippen LogP contribution is 2.38. The van der Waals surface area contributed by atoms with Gasteiger partial charge in [-0.25, -0.2) is 18.6 Å². The van der Waals surface area contributed by atoms with Crippen LogP contribution in [0, 0.1) is 23.5 Å². The van der Waals surface area contributed by atoms with E-state index in [9.17, 15) is 8.78 Å². The van der Waals surface area contributed by atoms with E-state index in [-0.39, 0.29) is 23.8 Å². The molecule has 2 aromatic heterocycles. The molecule has 6 atom stereocenters. The topological polar surface area (TPSA) is 147 Å². The van der Waals surface area contributed by atoms with Gasteiger partial charge in [-0.05, 0) is 102 Å². The van der Waals surface area contributed by atoms with E-state index in [0.29, 0.717) is 62.5 Å². The molecule has 4 heterocycles. The van der Waals surface area contributed by atoms with E-state index >= 15 is 0 Å². The molecule has 2 saturated heterocycles. The van der Waals surface area contributed by atoms with Gasteiger partial charge in [-0.2, -0.15) is 9.78 Å². The molecule has 15 nitrogen and oxygen atoms in total. The maximum Gasteiger partial charge on any atom is 0.217 e. The molecule has 2 aromatic carbocycles. The number of rotatable bonds is 24. The van der Waals surface area contributed by atoms with Gasteiger partial charge in [-0.3, -0.25) is 9.36 Å². The van der Waals surface area contributed by atoms with Gasteiger partial charge in [0.15, 0.2) is 0 Å². The van der Waals surface area contributed by atoms with Gasteiger partial charge in [0.2, 0.25) is 12.6 Å². The summed E-state index contributed by atoms with van der Waals surface area (Å²) in [6.45, 7) is 17.0. The summed E-state index contributed by atoms with van der Waals surface area (Å²) in [4.78, 5) is 22.3. The smallest absolute Gasteiger partial charge is 0.217 e. The van der Waals surface area contributed by atoms with Crippen LogP contribution in [0.15, 0.2) is 60.9 Å². The molecule has 17 heteroatoms. The molecule has 6 unspecified atom stereocenters. The third kappa shape index (κ3) is 14.6. The largest absolute Gasteiger partial charge is 0.374 e. The van der Waals surface area contributed by atoms with E-state index in [1.54, 1.807) is 24.3 Å². The minimum absolute atomic E-state index is 0.177. The number of hydrogen-bond acceptors (Lipinski definition) is 13. The number of aryl methyl sites for hydroxylation is 2. The van der Waals surface area contributed by atoms with Crippen LogP contribution in [-0.4, -0.2) is 79.7 Å². The van der Waals surface area contributed by atoms with Gasteiger partial charge in [0.05, 0.1) is 51.0 Å². The summed E-state index contributed by atoms with van der Waals surface area (Å²) in [5.41, 5.74) is 1.81. The Morgan fingerprint density at radius 3 is 1.46 bits per heavy atom. The molecule has 61 heavy (non-hydrogen) atoms. The zero-order valence-electron chi connectivity index (χ0n) is 36.3. The third-order valence-corrected chi connectivity index (χ3v) is 11.2. The van der Waals surface area contributed by atoms with Gasteiger partial charge in [0, 0.05) is 37.3 Å². The Morgan fingerprint density at radius 2 is 1.05 bits per heavy atom. The van der Waals surface area contributed by atoms with Crippen molar-refractivity contribution >= 4 is 0 Å². The Bertz CT molecular complexity index is 1750. The van der Waals surface area contributed by atoms with Crippen molar-refractivity contribution in [1.82, 2.24) is 35.3 Å². The first kappa shape index (κ1) is 46.7. The average molecular weight is 856 g/mol. The number of ether oxygens (including phenoxy) is 4. The summed E-state index contributed by atoms with van der Waals surface area (Å²) >= 11 is 0. The molecule has 0 spiro atoms. The number of nitrogens with one attached hydrogen (secondary N) is 1. The molecule has 2 aliphatic rings. The summed E-state index contributed by atoms with van der Waals surface area (Å²) in [5.74, 6) is 0.225. The van der Waals surface area contributed by atoms with Crippen molar-refractivity contribution in [2.24, 2.45) is 11.8 Å². The van der Waals surface area contributed by atoms with Crippen molar-refractivity contribution in [3.05, 3.63) is 95.1 Å². The number of aromatic nitrogens is 6. The molecule has 2 aliphatic heterocycles. The standard InChI is InChI=1S/C44H63F2N7O8/c1-31(7-17-39-43(3,4)60-58-41(56-39)33-9-13-35(45)14-10-33)19-23-52-27-37(48-50-52)29-54-25-21-47-22-26-55-30-38-28-53(51-49-38)24-20-32(2)8-18-40-44(5,6)61-59-42(57-40)34-11-15-36(46)16-12-34/h9-16,27-28,31-32,39-42,47H,7-8,17-26,29-30H2,1-6H3. The molecule has 0 saturated carbocycles. The predicted molar refractivity (Wildman–Crippen MR) is 219 cm³/mol. The maximum atomic E-state index is 13.4. The number of benzene rings is 2. The first-order valence-corrected chi connectivity index (χ1v) is 21.5. The van der Waals surface area contributed by atoms with Crippen LogP contribution in [0.4, 0.5) is 8.78 Å². The molecule has 4 aromatic rings. The quantitative estimate of drug-likeness (QED) is 0.0542. The monoisotopic (exact) mass is 855 g/mol. The van der Waals surface area contributed by atoms with Gasteiger partial charge >= 0.3 is 0 Å². The molecule has 336 valence electrons. The highest BCUT2D eigenvalue weighted by molar-refractivity contribution is 5.18. The molecular weight excluding hydrogens is 793 g/mol. The Hall–Kier alpha value is -3.78. The number of nitrogens with zero attached hydrogens (tertiary/aromatic N) is 6. The second-order valence-corrected chi connectivity index (χ2v) is 17.3. The summed E-state index contributed by atoms with van der Waals surface area (Å²) in [7, 11) is 0. The van der Waals surface area contributed by atoms with Crippen LogP contribution in [0.3, 0.4) is 0 Å². The number of hydrogen-bond donors (Lipinski definition) is 1. The molecule has 0 radical (unpaired) electrons. The molecule has 0 bridgehead atoms. The van der Waals surface area contributed by atoms with E-state index in [0.717, 1.165) is 63.0 Å².